The van der Waals surface area contributed by atoms with Gasteiger partial charge in [0.15, 0.2) is 0 Å². The molecule has 1 fully saturated rings. The molecule has 0 radical (unpaired) electrons. The van der Waals surface area contributed by atoms with Gasteiger partial charge in [0.05, 0.1) is 12.7 Å². The summed E-state index contributed by atoms with van der Waals surface area (Å²) in [6, 6.07) is 3.38. The van der Waals surface area contributed by atoms with Crippen LogP contribution in [0.15, 0.2) is 18.3 Å². The van der Waals surface area contributed by atoms with Crippen LogP contribution in [0, 0.1) is 5.92 Å². The van der Waals surface area contributed by atoms with E-state index in [0.29, 0.717) is 11.5 Å². The molecule has 1 N–H and O–H groups in total. The van der Waals surface area contributed by atoms with Crippen LogP contribution in [-0.4, -0.2) is 49.6 Å². The number of hydrogen-bond acceptors (Lipinski definition) is 5. The molecule has 1 aromatic rings. The molecule has 0 amide bonds. The lowest BCUT2D eigenvalue weighted by atomic mass is 10.1. The maximum atomic E-state index is 11.4. The van der Waals surface area contributed by atoms with Crippen LogP contribution in [0.3, 0.4) is 0 Å². The molecule has 1 saturated heterocycles. The van der Waals surface area contributed by atoms with Gasteiger partial charge >= 0.3 is 5.97 Å². The lowest BCUT2D eigenvalue weighted by Crippen LogP contribution is -2.19. The maximum absolute atomic E-state index is 11.4. The van der Waals surface area contributed by atoms with Gasteiger partial charge in [-0.05, 0) is 38.1 Å². The van der Waals surface area contributed by atoms with Crippen LogP contribution in [0.25, 0.3) is 0 Å². The standard InChI is InChI=1S/C13H19N3O2/c1-16-6-4-10(9-16)8-15-12-7-11(3-5-14-12)13(17)18-2/h3,5,7,10H,4,6,8-9H2,1-2H3,(H,14,15). The number of pyridine rings is 1. The zero-order valence-electron chi connectivity index (χ0n) is 10.8. The molecule has 0 bridgehead atoms. The third-order valence-electron chi connectivity index (χ3n) is 3.24. The summed E-state index contributed by atoms with van der Waals surface area (Å²) in [4.78, 5) is 17.9. The van der Waals surface area contributed by atoms with E-state index < -0.39 is 0 Å². The molecule has 5 heteroatoms. The number of carbonyl (C=O) groups is 1. The lowest BCUT2D eigenvalue weighted by Gasteiger charge is -2.12. The molecule has 1 unspecified atom stereocenters. The third-order valence-corrected chi connectivity index (χ3v) is 3.24. The molecule has 5 nitrogen and oxygen atoms in total. The van der Waals surface area contributed by atoms with Crippen molar-refractivity contribution in [1.29, 1.82) is 0 Å². The zero-order valence-corrected chi connectivity index (χ0v) is 10.8. The Balaban J connectivity index is 1.91. The summed E-state index contributed by atoms with van der Waals surface area (Å²) in [7, 11) is 3.51. The van der Waals surface area contributed by atoms with Crippen LogP contribution in [0.1, 0.15) is 16.8 Å². The number of nitrogens with zero attached hydrogens (tertiary/aromatic N) is 2. The number of nitrogens with one attached hydrogen (secondary N) is 1. The Morgan fingerprint density at radius 3 is 3.17 bits per heavy atom. The van der Waals surface area contributed by atoms with Crippen molar-refractivity contribution in [3.8, 4) is 0 Å². The van der Waals surface area contributed by atoms with E-state index in [1.165, 1.54) is 13.5 Å². The zero-order chi connectivity index (χ0) is 13.0. The summed E-state index contributed by atoms with van der Waals surface area (Å²) in [6.07, 6.45) is 2.83. The van der Waals surface area contributed by atoms with Crippen LogP contribution < -0.4 is 5.32 Å². The average Bonchev–Trinajstić information content (AvgIpc) is 2.81. The minimum Gasteiger partial charge on any atom is -0.465 e. The second-order valence-corrected chi connectivity index (χ2v) is 4.72. The topological polar surface area (TPSA) is 54.5 Å². The van der Waals surface area contributed by atoms with Crippen LogP contribution in [0.5, 0.6) is 0 Å². The quantitative estimate of drug-likeness (QED) is 0.813. The monoisotopic (exact) mass is 249 g/mol. The van der Waals surface area contributed by atoms with Gasteiger partial charge < -0.3 is 15.0 Å². The van der Waals surface area contributed by atoms with E-state index in [0.717, 1.165) is 25.5 Å². The van der Waals surface area contributed by atoms with Gasteiger partial charge in [-0.15, -0.1) is 0 Å². The Hall–Kier alpha value is -1.62. The van der Waals surface area contributed by atoms with Crippen molar-refractivity contribution in [2.45, 2.75) is 6.42 Å². The van der Waals surface area contributed by atoms with E-state index in [2.05, 4.69) is 27.0 Å². The molecule has 2 rings (SSSR count). The van der Waals surface area contributed by atoms with Crippen LogP contribution in [0.4, 0.5) is 5.82 Å². The van der Waals surface area contributed by atoms with E-state index in [1.807, 2.05) is 0 Å². The molecule has 18 heavy (non-hydrogen) atoms. The Bertz CT molecular complexity index is 422. The molecule has 1 atom stereocenters. The molecule has 0 spiro atoms. The fraction of sp³-hybridized carbons (Fsp3) is 0.538. The molecule has 1 aliphatic heterocycles. The van der Waals surface area contributed by atoms with Gasteiger partial charge in [-0.25, -0.2) is 9.78 Å². The Kier molecular flexibility index (Phi) is 4.15. The minimum absolute atomic E-state index is 0.332. The van der Waals surface area contributed by atoms with E-state index in [-0.39, 0.29) is 5.97 Å². The highest BCUT2D eigenvalue weighted by Gasteiger charge is 2.19. The molecule has 2 heterocycles. The van der Waals surface area contributed by atoms with Crippen molar-refractivity contribution in [2.24, 2.45) is 5.92 Å². The van der Waals surface area contributed by atoms with Crippen LogP contribution >= 0.6 is 0 Å². The van der Waals surface area contributed by atoms with Gasteiger partial charge in [-0.3, -0.25) is 0 Å². The van der Waals surface area contributed by atoms with Crippen molar-refractivity contribution in [3.05, 3.63) is 23.9 Å². The number of methoxy groups -OCH3 is 1. The van der Waals surface area contributed by atoms with E-state index in [4.69, 9.17) is 0 Å². The second kappa shape index (κ2) is 5.82. The number of ether oxygens (including phenoxy) is 1. The maximum Gasteiger partial charge on any atom is 0.338 e. The van der Waals surface area contributed by atoms with Crippen molar-refractivity contribution in [2.75, 3.05) is 39.1 Å². The van der Waals surface area contributed by atoms with Gasteiger partial charge in [0.2, 0.25) is 0 Å². The number of aromatic nitrogens is 1. The molecule has 0 aliphatic carbocycles. The largest absolute Gasteiger partial charge is 0.465 e. The molecule has 1 aromatic heterocycles. The number of hydrogen-bond donors (Lipinski definition) is 1. The first-order valence-corrected chi connectivity index (χ1v) is 6.16. The molecule has 98 valence electrons. The van der Waals surface area contributed by atoms with E-state index >= 15 is 0 Å². The first-order chi connectivity index (χ1) is 8.69. The molecule has 1 aliphatic rings. The summed E-state index contributed by atoms with van der Waals surface area (Å²) in [5.41, 5.74) is 0.526. The summed E-state index contributed by atoms with van der Waals surface area (Å²) in [5, 5.41) is 3.28. The van der Waals surface area contributed by atoms with Crippen molar-refractivity contribution < 1.29 is 9.53 Å². The first-order valence-electron chi connectivity index (χ1n) is 6.16. The van der Waals surface area contributed by atoms with Gasteiger partial charge in [0.1, 0.15) is 5.82 Å². The first kappa shape index (κ1) is 12.8. The number of rotatable bonds is 4. The summed E-state index contributed by atoms with van der Waals surface area (Å²) in [6.45, 7) is 3.16. The summed E-state index contributed by atoms with van der Waals surface area (Å²) in [5.74, 6) is 1.05. The lowest BCUT2D eigenvalue weighted by molar-refractivity contribution is 0.0600. The Morgan fingerprint density at radius 1 is 1.67 bits per heavy atom. The van der Waals surface area contributed by atoms with E-state index in [1.54, 1.807) is 18.3 Å². The second-order valence-electron chi connectivity index (χ2n) is 4.72. The van der Waals surface area contributed by atoms with Crippen molar-refractivity contribution in [3.63, 3.8) is 0 Å². The van der Waals surface area contributed by atoms with Gasteiger partial charge in [-0.2, -0.15) is 0 Å². The van der Waals surface area contributed by atoms with Crippen molar-refractivity contribution in [1.82, 2.24) is 9.88 Å². The van der Waals surface area contributed by atoms with Gasteiger partial charge in [0.25, 0.3) is 0 Å². The van der Waals surface area contributed by atoms with Gasteiger partial charge in [0, 0.05) is 19.3 Å². The molecule has 0 aromatic carbocycles. The fourth-order valence-corrected chi connectivity index (χ4v) is 2.21. The number of esters is 1. The fourth-order valence-electron chi connectivity index (χ4n) is 2.21. The predicted molar refractivity (Wildman–Crippen MR) is 69.7 cm³/mol. The predicted octanol–water partition coefficient (Wildman–Crippen LogP) is 1.23. The summed E-state index contributed by atoms with van der Waals surface area (Å²) < 4.78 is 4.68. The Labute approximate surface area is 107 Å². The molecular weight excluding hydrogens is 230 g/mol. The SMILES string of the molecule is COC(=O)c1ccnc(NCC2CCN(C)C2)c1. The normalized spacial score (nSPS) is 19.8. The van der Waals surface area contributed by atoms with Crippen LogP contribution in [-0.2, 0) is 4.74 Å². The average molecular weight is 249 g/mol. The highest BCUT2D eigenvalue weighted by Crippen LogP contribution is 2.15. The smallest absolute Gasteiger partial charge is 0.338 e. The van der Waals surface area contributed by atoms with Gasteiger partial charge in [-0.1, -0.05) is 0 Å². The summed E-state index contributed by atoms with van der Waals surface area (Å²) >= 11 is 0. The minimum atomic E-state index is -0.332. The highest BCUT2D eigenvalue weighted by atomic mass is 16.5. The third kappa shape index (κ3) is 3.20. The van der Waals surface area contributed by atoms with E-state index in [9.17, 15) is 4.79 Å². The van der Waals surface area contributed by atoms with Crippen LogP contribution in [0.2, 0.25) is 0 Å². The van der Waals surface area contributed by atoms with Crippen molar-refractivity contribution >= 4 is 11.8 Å². The number of carbonyl (C=O) groups excluding carboxylic acids is 1. The number of anilines is 1. The molecular formula is C13H19N3O2. The molecule has 0 saturated carbocycles. The highest BCUT2D eigenvalue weighted by molar-refractivity contribution is 5.89. The number of likely N-dealkylation sites (tertiary alicyclic amines) is 1. The Morgan fingerprint density at radius 2 is 2.50 bits per heavy atom.